The van der Waals surface area contributed by atoms with Crippen LogP contribution in [0.2, 0.25) is 0 Å². The fraction of sp³-hybridized carbons (Fsp3) is 0.603. The molecule has 1 unspecified atom stereocenters. The number of allylic oxidation sites excluding steroid dienone is 24. The van der Waals surface area contributed by atoms with Crippen LogP contribution in [0.1, 0.15) is 245 Å². The number of hydrogen-bond donors (Lipinski definition) is 0. The Hall–Kier alpha value is -4.71. The molecule has 416 valence electrons. The summed E-state index contributed by atoms with van der Waals surface area (Å²) in [7, 11) is 0. The molecule has 0 radical (unpaired) electrons. The third-order valence-corrected chi connectivity index (χ3v) is 12.1. The van der Waals surface area contributed by atoms with Gasteiger partial charge in [-0.15, -0.1) is 0 Å². The third kappa shape index (κ3) is 58.2. The lowest BCUT2D eigenvalue weighted by molar-refractivity contribution is -0.167. The van der Waals surface area contributed by atoms with Crippen molar-refractivity contribution in [2.45, 2.75) is 252 Å². The summed E-state index contributed by atoms with van der Waals surface area (Å²) in [6.45, 7) is 6.39. The second-order valence-corrected chi connectivity index (χ2v) is 19.2. The Morgan fingerprint density at radius 1 is 0.284 bits per heavy atom. The van der Waals surface area contributed by atoms with Gasteiger partial charge in [0.25, 0.3) is 0 Å². The van der Waals surface area contributed by atoms with Gasteiger partial charge >= 0.3 is 17.9 Å². The smallest absolute Gasteiger partial charge is 0.306 e. The van der Waals surface area contributed by atoms with E-state index in [0.717, 1.165) is 161 Å². The standard InChI is InChI=1S/C68H108O6/c1-4-7-10-13-16-18-20-22-24-25-26-27-28-29-30-31-32-33-34-35-36-37-38-39-40-41-42-43-44-46-47-49-52-55-58-61-67(70)73-64-65(63-72-66(69)60-57-54-51-15-12-9-6-3)74-68(71)62-59-56-53-50-48-45-23-21-19-17-14-11-8-5-2/h7,10,14,16-18,21-24,26-27,29-30,32-33,35-36,38-39,41-42,44,46,65H,4-6,8-9,11-13,15,19-20,25,28,31,34,37,40,43,45,47-64H2,1-3H3/b10-7-,17-14-,18-16-,23-21-,24-22-,27-26-,30-29-,33-32-,36-35-,39-38-,42-41-,46-44-. The highest BCUT2D eigenvalue weighted by Gasteiger charge is 2.19. The molecule has 0 aromatic rings. The van der Waals surface area contributed by atoms with Crippen LogP contribution in [0.4, 0.5) is 0 Å². The molecule has 1 atom stereocenters. The molecule has 0 amide bonds. The molecule has 6 nitrogen and oxygen atoms in total. The Morgan fingerprint density at radius 3 is 0.865 bits per heavy atom. The normalized spacial score (nSPS) is 13.2. The summed E-state index contributed by atoms with van der Waals surface area (Å²) in [6.07, 6.45) is 87.3. The molecule has 0 aliphatic rings. The number of carbonyl (C=O) groups excluding carboxylic acids is 3. The highest BCUT2D eigenvalue weighted by atomic mass is 16.6. The zero-order valence-electron chi connectivity index (χ0n) is 47.5. The van der Waals surface area contributed by atoms with Crippen molar-refractivity contribution in [1.29, 1.82) is 0 Å². The number of rotatable bonds is 52. The summed E-state index contributed by atoms with van der Waals surface area (Å²) in [4.78, 5) is 37.9. The van der Waals surface area contributed by atoms with Gasteiger partial charge in [-0.2, -0.15) is 0 Å². The van der Waals surface area contributed by atoms with Gasteiger partial charge < -0.3 is 14.2 Å². The first kappa shape index (κ1) is 69.3. The van der Waals surface area contributed by atoms with Crippen molar-refractivity contribution in [1.82, 2.24) is 0 Å². The van der Waals surface area contributed by atoms with E-state index in [9.17, 15) is 14.4 Å². The highest BCUT2D eigenvalue weighted by molar-refractivity contribution is 5.71. The van der Waals surface area contributed by atoms with Crippen LogP contribution in [0.5, 0.6) is 0 Å². The van der Waals surface area contributed by atoms with Crippen LogP contribution < -0.4 is 0 Å². The molecule has 0 aromatic heterocycles. The topological polar surface area (TPSA) is 78.9 Å². The van der Waals surface area contributed by atoms with Gasteiger partial charge in [0.05, 0.1) is 0 Å². The van der Waals surface area contributed by atoms with Crippen molar-refractivity contribution in [3.63, 3.8) is 0 Å². The molecule has 0 N–H and O–H groups in total. The molecule has 0 spiro atoms. The van der Waals surface area contributed by atoms with E-state index >= 15 is 0 Å². The SMILES string of the molecule is CC/C=C\C/C=C\C/C=C\C/C=C\C/C=C\C/C=C\C/C=C\C/C=C\C/C=C\C/C=C\CCCCCCC(=O)OCC(COC(=O)CCCCCCCCC)OC(=O)CCCCCCC/C=C\C/C=C\CCCC. The van der Waals surface area contributed by atoms with Crippen molar-refractivity contribution >= 4 is 17.9 Å². The maximum atomic E-state index is 12.8. The average molecular weight is 1020 g/mol. The molecule has 0 heterocycles. The molecule has 74 heavy (non-hydrogen) atoms. The first-order valence-electron chi connectivity index (χ1n) is 29.8. The minimum absolute atomic E-state index is 0.0953. The summed E-state index contributed by atoms with van der Waals surface area (Å²) in [6, 6.07) is 0. The second kappa shape index (κ2) is 60.8. The molecule has 6 heteroatoms. The van der Waals surface area contributed by atoms with Crippen LogP contribution in [-0.2, 0) is 28.6 Å². The highest BCUT2D eigenvalue weighted by Crippen LogP contribution is 2.13. The van der Waals surface area contributed by atoms with Crippen LogP contribution in [0.15, 0.2) is 146 Å². The van der Waals surface area contributed by atoms with Gasteiger partial charge in [0.1, 0.15) is 13.2 Å². The number of esters is 3. The first-order valence-corrected chi connectivity index (χ1v) is 29.8. The predicted molar refractivity (Wildman–Crippen MR) is 320 cm³/mol. The Balaban J connectivity index is 4.20. The third-order valence-electron chi connectivity index (χ3n) is 12.1. The molecular weight excluding hydrogens is 913 g/mol. The van der Waals surface area contributed by atoms with Crippen LogP contribution in [-0.4, -0.2) is 37.2 Å². The van der Waals surface area contributed by atoms with E-state index in [4.69, 9.17) is 14.2 Å². The quantitative estimate of drug-likeness (QED) is 0.0261. The van der Waals surface area contributed by atoms with Gasteiger partial charge in [-0.3, -0.25) is 14.4 Å². The summed E-state index contributed by atoms with van der Waals surface area (Å²) >= 11 is 0. The first-order chi connectivity index (χ1) is 36.5. The number of carbonyl (C=O) groups is 3. The lowest BCUT2D eigenvalue weighted by Crippen LogP contribution is -2.30. The molecule has 0 saturated carbocycles. The fourth-order valence-corrected chi connectivity index (χ4v) is 7.60. The van der Waals surface area contributed by atoms with E-state index in [0.29, 0.717) is 19.3 Å². The van der Waals surface area contributed by atoms with E-state index < -0.39 is 6.10 Å². The summed E-state index contributed by atoms with van der Waals surface area (Å²) in [5, 5.41) is 0. The van der Waals surface area contributed by atoms with E-state index in [1.165, 1.54) is 44.9 Å². The Labute approximate surface area is 455 Å². The van der Waals surface area contributed by atoms with Gasteiger partial charge in [-0.25, -0.2) is 0 Å². The van der Waals surface area contributed by atoms with Gasteiger partial charge in [0.15, 0.2) is 6.10 Å². The van der Waals surface area contributed by atoms with Gasteiger partial charge in [-0.1, -0.05) is 250 Å². The molecule has 0 aliphatic heterocycles. The van der Waals surface area contributed by atoms with Crippen molar-refractivity contribution in [3.8, 4) is 0 Å². The average Bonchev–Trinajstić information content (AvgIpc) is 3.40. The lowest BCUT2D eigenvalue weighted by Gasteiger charge is -2.18. The Kier molecular flexibility index (Phi) is 57.0. The Bertz CT molecular complexity index is 1640. The largest absolute Gasteiger partial charge is 0.462 e. The van der Waals surface area contributed by atoms with E-state index in [2.05, 4.69) is 167 Å². The summed E-state index contributed by atoms with van der Waals surface area (Å²) in [5.41, 5.74) is 0. The van der Waals surface area contributed by atoms with E-state index in [-0.39, 0.29) is 31.1 Å². The Morgan fingerprint density at radius 2 is 0.541 bits per heavy atom. The van der Waals surface area contributed by atoms with Gasteiger partial charge in [-0.05, 0) is 122 Å². The van der Waals surface area contributed by atoms with Crippen molar-refractivity contribution in [3.05, 3.63) is 146 Å². The fourth-order valence-electron chi connectivity index (χ4n) is 7.60. The minimum Gasteiger partial charge on any atom is -0.462 e. The van der Waals surface area contributed by atoms with Gasteiger partial charge in [0, 0.05) is 19.3 Å². The molecule has 0 fully saturated rings. The van der Waals surface area contributed by atoms with Crippen molar-refractivity contribution in [2.75, 3.05) is 13.2 Å². The van der Waals surface area contributed by atoms with Gasteiger partial charge in [0.2, 0.25) is 0 Å². The zero-order chi connectivity index (χ0) is 53.6. The maximum absolute atomic E-state index is 12.8. The lowest BCUT2D eigenvalue weighted by atomic mass is 10.1. The summed E-state index contributed by atoms with van der Waals surface area (Å²) in [5.74, 6) is -0.949. The van der Waals surface area contributed by atoms with Crippen LogP contribution in [0, 0.1) is 0 Å². The minimum atomic E-state index is -0.797. The van der Waals surface area contributed by atoms with Crippen LogP contribution in [0.3, 0.4) is 0 Å². The molecule has 0 aliphatic carbocycles. The number of unbranched alkanes of at least 4 members (excludes halogenated alkanes) is 17. The zero-order valence-corrected chi connectivity index (χ0v) is 47.5. The molecular formula is C68H108O6. The number of hydrogen-bond acceptors (Lipinski definition) is 6. The van der Waals surface area contributed by atoms with Crippen molar-refractivity contribution < 1.29 is 28.6 Å². The monoisotopic (exact) mass is 1020 g/mol. The summed E-state index contributed by atoms with van der Waals surface area (Å²) < 4.78 is 16.7. The van der Waals surface area contributed by atoms with E-state index in [1.807, 2.05) is 0 Å². The second-order valence-electron chi connectivity index (χ2n) is 19.2. The van der Waals surface area contributed by atoms with Crippen LogP contribution in [0.25, 0.3) is 0 Å². The number of ether oxygens (including phenoxy) is 3. The van der Waals surface area contributed by atoms with E-state index in [1.54, 1.807) is 0 Å². The van der Waals surface area contributed by atoms with Crippen molar-refractivity contribution in [2.24, 2.45) is 0 Å². The molecule has 0 saturated heterocycles. The molecule has 0 aromatic carbocycles. The van der Waals surface area contributed by atoms with Crippen LogP contribution >= 0.6 is 0 Å². The maximum Gasteiger partial charge on any atom is 0.306 e. The molecule has 0 bridgehead atoms. The molecule has 0 rings (SSSR count). The predicted octanol–water partition coefficient (Wildman–Crippen LogP) is 20.4.